The van der Waals surface area contributed by atoms with Crippen LogP contribution in [0.5, 0.6) is 0 Å². The molecule has 0 spiro atoms. The molecule has 4 aliphatic rings. The first-order valence-electron chi connectivity index (χ1n) is 12.8. The molecule has 0 radical (unpaired) electrons. The van der Waals surface area contributed by atoms with E-state index in [1.807, 2.05) is 5.57 Å². The van der Waals surface area contributed by atoms with Crippen LogP contribution < -0.4 is 0 Å². The fraction of sp³-hybridized carbons (Fsp3) is 0.926. The molecule has 0 N–H and O–H groups in total. The summed E-state index contributed by atoms with van der Waals surface area (Å²) in [7, 11) is 1.21. The van der Waals surface area contributed by atoms with Gasteiger partial charge in [0.25, 0.3) is 0 Å². The third-order valence-corrected chi connectivity index (χ3v) is 12.1. The van der Waals surface area contributed by atoms with E-state index in [-0.39, 0.29) is 0 Å². The molecule has 0 aromatic heterocycles. The van der Waals surface area contributed by atoms with Crippen LogP contribution in [0.1, 0.15) is 105 Å². The van der Waals surface area contributed by atoms with Crippen molar-refractivity contribution < 1.29 is 0 Å². The number of allylic oxidation sites excluding steroid dienone is 2. The normalized spacial score (nSPS) is 45.4. The number of hydrogen-bond donors (Lipinski definition) is 0. The van der Waals surface area contributed by atoms with Gasteiger partial charge in [0.05, 0.1) is 0 Å². The van der Waals surface area contributed by atoms with Gasteiger partial charge in [-0.2, -0.15) is 0 Å². The van der Waals surface area contributed by atoms with Gasteiger partial charge < -0.3 is 0 Å². The summed E-state index contributed by atoms with van der Waals surface area (Å²) in [6.45, 7) is 12.7. The van der Waals surface area contributed by atoms with Crippen molar-refractivity contribution in [1.82, 2.24) is 0 Å². The van der Waals surface area contributed by atoms with Gasteiger partial charge in [0.1, 0.15) is 0 Å². The summed E-state index contributed by atoms with van der Waals surface area (Å²) in [5, 5.41) is 0. The van der Waals surface area contributed by atoms with Gasteiger partial charge in [0.2, 0.25) is 0 Å². The minimum atomic E-state index is 0.502. The van der Waals surface area contributed by atoms with Crippen molar-refractivity contribution >= 4 is 19.2 Å². The van der Waals surface area contributed by atoms with Crippen LogP contribution in [0, 0.1) is 46.3 Å². The topological polar surface area (TPSA) is 0 Å². The lowest BCUT2D eigenvalue weighted by Gasteiger charge is -2.58. The van der Waals surface area contributed by atoms with E-state index in [2.05, 4.69) is 40.7 Å². The van der Waals surface area contributed by atoms with Crippen LogP contribution >= 0.6 is 7.36 Å². The minimum absolute atomic E-state index is 0.502. The molecule has 3 fully saturated rings. The minimum Gasteiger partial charge on any atom is -0.0844 e. The van der Waals surface area contributed by atoms with Gasteiger partial charge in [-0.1, -0.05) is 77.3 Å². The van der Waals surface area contributed by atoms with Crippen LogP contribution in [-0.2, 0) is 11.8 Å². The SMILES string of the molecule is CC(C)CCC[C@@H](C)[C@H]1CCC2C3CC=C4CC(P=S)CC[C@]4(C)C3CC[C@@]21C. The van der Waals surface area contributed by atoms with E-state index in [1.54, 1.807) is 0 Å². The van der Waals surface area contributed by atoms with Gasteiger partial charge in [-0.05, 0) is 105 Å². The zero-order valence-electron chi connectivity index (χ0n) is 19.8. The Morgan fingerprint density at radius 2 is 1.83 bits per heavy atom. The molecule has 0 saturated heterocycles. The van der Waals surface area contributed by atoms with Crippen molar-refractivity contribution in [1.29, 1.82) is 0 Å². The quantitative estimate of drug-likeness (QED) is 0.298. The van der Waals surface area contributed by atoms with E-state index < -0.39 is 0 Å². The molecule has 4 unspecified atom stereocenters. The summed E-state index contributed by atoms with van der Waals surface area (Å²) in [6, 6.07) is 0. The van der Waals surface area contributed by atoms with Crippen LogP contribution in [0.25, 0.3) is 0 Å². The molecule has 0 nitrogen and oxygen atoms in total. The second-order valence-electron chi connectivity index (χ2n) is 12.3. The fourth-order valence-electron chi connectivity index (χ4n) is 8.76. The maximum atomic E-state index is 5.42. The Balaban J connectivity index is 1.49. The molecule has 29 heavy (non-hydrogen) atoms. The molecule has 0 aromatic rings. The van der Waals surface area contributed by atoms with Crippen molar-refractivity contribution in [3.63, 3.8) is 0 Å². The molecule has 0 aromatic carbocycles. The highest BCUT2D eigenvalue weighted by molar-refractivity contribution is 7.96. The Kier molecular flexibility index (Phi) is 6.70. The molecule has 0 heterocycles. The Hall–Kier alpha value is 0.260. The predicted molar refractivity (Wildman–Crippen MR) is 131 cm³/mol. The van der Waals surface area contributed by atoms with Crippen molar-refractivity contribution in [2.45, 2.75) is 111 Å². The molecular weight excluding hydrogens is 387 g/mol. The van der Waals surface area contributed by atoms with Gasteiger partial charge >= 0.3 is 0 Å². The van der Waals surface area contributed by atoms with Gasteiger partial charge in [-0.15, -0.1) is 0 Å². The van der Waals surface area contributed by atoms with Crippen molar-refractivity contribution in [3.05, 3.63) is 11.6 Å². The van der Waals surface area contributed by atoms with Gasteiger partial charge in [-0.3, -0.25) is 0 Å². The molecule has 2 heteroatoms. The summed E-state index contributed by atoms with van der Waals surface area (Å²) in [5.74, 6) is 5.68. The Labute approximate surface area is 187 Å². The van der Waals surface area contributed by atoms with E-state index in [0.717, 1.165) is 41.2 Å². The van der Waals surface area contributed by atoms with E-state index in [0.29, 0.717) is 10.8 Å². The van der Waals surface area contributed by atoms with Crippen LogP contribution in [0.4, 0.5) is 0 Å². The molecule has 0 amide bonds. The van der Waals surface area contributed by atoms with E-state index in [4.69, 9.17) is 11.8 Å². The summed E-state index contributed by atoms with van der Waals surface area (Å²) in [6.07, 6.45) is 18.5. The standard InChI is InChI=1S/C27H45PS/c1-18(2)7-6-8-19(3)23-11-12-24-22-10-9-20-17-21(28-29)13-15-26(20,4)25(22)14-16-27(23,24)5/h9,18-19,21-25H,6-8,10-17H2,1-5H3/t19-,21?,22?,23-,24?,25?,26+,27-/m1/s1. The third kappa shape index (κ3) is 3.95. The van der Waals surface area contributed by atoms with Crippen LogP contribution in [0.15, 0.2) is 11.6 Å². The highest BCUT2D eigenvalue weighted by atomic mass is 32.4. The summed E-state index contributed by atoms with van der Waals surface area (Å²) in [4.78, 5) is 0. The second kappa shape index (κ2) is 8.65. The highest BCUT2D eigenvalue weighted by Gasteiger charge is 2.59. The third-order valence-electron chi connectivity index (χ3n) is 10.4. The zero-order valence-corrected chi connectivity index (χ0v) is 21.5. The average molecular weight is 433 g/mol. The van der Waals surface area contributed by atoms with E-state index in [1.165, 1.54) is 78.0 Å². The van der Waals surface area contributed by atoms with Crippen LogP contribution in [0.3, 0.4) is 0 Å². The smallest absolute Gasteiger partial charge is 0.0151 e. The summed E-state index contributed by atoms with van der Waals surface area (Å²) < 4.78 is 0. The second-order valence-corrected chi connectivity index (χ2v) is 13.9. The number of hydrogen-bond acceptors (Lipinski definition) is 1. The first-order valence-corrected chi connectivity index (χ1v) is 14.8. The average Bonchev–Trinajstić information content (AvgIpc) is 3.04. The van der Waals surface area contributed by atoms with Crippen LogP contribution in [0.2, 0.25) is 0 Å². The molecule has 4 rings (SSSR count). The molecule has 8 atom stereocenters. The number of rotatable bonds is 6. The molecule has 0 aliphatic heterocycles. The number of fused-ring (bicyclic) bond motifs is 5. The van der Waals surface area contributed by atoms with Gasteiger partial charge in [-0.25, -0.2) is 0 Å². The molecule has 0 bridgehead atoms. The van der Waals surface area contributed by atoms with Crippen molar-refractivity contribution in [2.75, 3.05) is 0 Å². The lowest BCUT2D eigenvalue weighted by Crippen LogP contribution is -2.50. The first kappa shape index (κ1) is 22.5. The van der Waals surface area contributed by atoms with Crippen molar-refractivity contribution in [2.24, 2.45) is 46.3 Å². The fourth-order valence-corrected chi connectivity index (χ4v) is 9.80. The van der Waals surface area contributed by atoms with Gasteiger partial charge in [0.15, 0.2) is 0 Å². The first-order chi connectivity index (χ1) is 13.8. The molecule has 164 valence electrons. The maximum Gasteiger partial charge on any atom is 0.0151 e. The lowest BCUT2D eigenvalue weighted by atomic mass is 9.47. The summed E-state index contributed by atoms with van der Waals surface area (Å²) in [5.41, 5.74) is 3.70. The van der Waals surface area contributed by atoms with Crippen LogP contribution in [-0.4, -0.2) is 5.66 Å². The summed E-state index contributed by atoms with van der Waals surface area (Å²) >= 11 is 5.42. The van der Waals surface area contributed by atoms with Crippen molar-refractivity contribution in [3.8, 4) is 0 Å². The lowest BCUT2D eigenvalue weighted by molar-refractivity contribution is -0.0497. The Bertz CT molecular complexity index is 638. The largest absolute Gasteiger partial charge is 0.0844 e. The molecule has 4 aliphatic carbocycles. The zero-order chi connectivity index (χ0) is 20.8. The molecular formula is C27H45PS. The maximum absolute atomic E-state index is 5.42. The van der Waals surface area contributed by atoms with E-state index >= 15 is 0 Å². The van der Waals surface area contributed by atoms with Gasteiger partial charge in [0, 0.05) is 5.66 Å². The Morgan fingerprint density at radius 1 is 1.03 bits per heavy atom. The highest BCUT2D eigenvalue weighted by Crippen LogP contribution is 2.67. The monoisotopic (exact) mass is 432 g/mol. The predicted octanol–water partition coefficient (Wildman–Crippen LogP) is 8.80. The Morgan fingerprint density at radius 3 is 2.55 bits per heavy atom. The van der Waals surface area contributed by atoms with E-state index in [9.17, 15) is 0 Å². The molecule has 3 saturated carbocycles.